The Morgan fingerprint density at radius 2 is 0.423 bits per heavy atom. The fourth-order valence-corrected chi connectivity index (χ4v) is 14.5. The maximum Gasteiger partial charge on any atom is 0.488 e. The van der Waals surface area contributed by atoms with E-state index in [2.05, 4.69) is 359 Å². The van der Waals surface area contributed by atoms with Crippen LogP contribution < -0.4 is 5.46 Å². The maximum atomic E-state index is 9.11. The number of hydrogen-bond donors (Lipinski definition) is 2. The van der Waals surface area contributed by atoms with Crippen molar-refractivity contribution < 1.29 is 10.0 Å². The summed E-state index contributed by atoms with van der Waals surface area (Å²) in [6.45, 7) is 0. The number of benzene rings is 17. The Kier molecular flexibility index (Phi) is 18.0. The molecule has 0 aliphatic carbocycles. The van der Waals surface area contributed by atoms with E-state index in [-0.39, 0.29) is 0 Å². The molecule has 0 unspecified atom stereocenters. The van der Waals surface area contributed by atoms with Crippen LogP contribution in [-0.2, 0) is 0 Å². The Labute approximate surface area is 583 Å². The lowest BCUT2D eigenvalue weighted by molar-refractivity contribution is 0.426. The van der Waals surface area contributed by atoms with Crippen molar-refractivity contribution in [2.24, 2.45) is 0 Å². The lowest BCUT2D eigenvalue weighted by atomic mass is 9.79. The molecule has 17 rings (SSSR count). The van der Waals surface area contributed by atoms with Crippen LogP contribution in [0, 0.1) is 0 Å². The van der Waals surface area contributed by atoms with E-state index < -0.39 is 7.12 Å². The SMILES string of the molecule is Brc1cc(-c2ccccc2)c2cc(Br)cc(-c3ccccc3)c2c1.OB(O)c1ccc(-c2cccc3ccccc23)cc1.c1ccc(-c2cc(-c3ccc(-c4cccc5ccccc45)cc3)cc3c(-c4ccccc4)cc(-c4ccc(-c5cccc6ccccc56)cc4)cc23)cc1. The molecule has 0 aromatic heterocycles. The van der Waals surface area contributed by atoms with Crippen molar-refractivity contribution in [1.82, 2.24) is 0 Å². The third kappa shape index (κ3) is 13.3. The summed E-state index contributed by atoms with van der Waals surface area (Å²) in [6, 6.07) is 131. The molecule has 2 nitrogen and oxygen atoms in total. The third-order valence-electron chi connectivity index (χ3n) is 18.4. The molecule has 460 valence electrons. The highest BCUT2D eigenvalue weighted by atomic mass is 79.9. The van der Waals surface area contributed by atoms with Crippen LogP contribution >= 0.6 is 31.9 Å². The number of fused-ring (bicyclic) bond motifs is 5. The van der Waals surface area contributed by atoms with Gasteiger partial charge in [0.05, 0.1) is 0 Å². The fourth-order valence-electron chi connectivity index (χ4n) is 13.6. The third-order valence-corrected chi connectivity index (χ3v) is 19.3. The van der Waals surface area contributed by atoms with Gasteiger partial charge in [-0.2, -0.15) is 0 Å². The minimum atomic E-state index is -1.42. The van der Waals surface area contributed by atoms with Gasteiger partial charge in [-0.15, -0.1) is 0 Å². The first-order valence-electron chi connectivity index (χ1n) is 32.6. The van der Waals surface area contributed by atoms with Crippen molar-refractivity contribution in [3.8, 4) is 100 Å². The molecule has 0 bridgehead atoms. The molecule has 0 aliphatic rings. The van der Waals surface area contributed by atoms with E-state index in [1.165, 1.54) is 143 Å². The molecule has 0 saturated carbocycles. The van der Waals surface area contributed by atoms with Crippen molar-refractivity contribution in [3.63, 3.8) is 0 Å². The first-order valence-corrected chi connectivity index (χ1v) is 34.2. The Bertz CT molecular complexity index is 5340. The van der Waals surface area contributed by atoms with E-state index in [4.69, 9.17) is 10.0 Å². The summed E-state index contributed by atoms with van der Waals surface area (Å²) >= 11 is 7.39. The van der Waals surface area contributed by atoms with Crippen LogP contribution in [0.4, 0.5) is 0 Å². The van der Waals surface area contributed by atoms with Crippen LogP contribution in [0.2, 0.25) is 0 Å². The van der Waals surface area contributed by atoms with E-state index in [0.29, 0.717) is 5.46 Å². The Balaban J connectivity index is 0.000000146. The van der Waals surface area contributed by atoms with Crippen LogP contribution in [-0.4, -0.2) is 17.2 Å². The van der Waals surface area contributed by atoms with E-state index in [9.17, 15) is 0 Å². The summed E-state index contributed by atoms with van der Waals surface area (Å²) in [7, 11) is -1.42. The zero-order valence-corrected chi connectivity index (χ0v) is 56.1. The second kappa shape index (κ2) is 28.1. The zero-order chi connectivity index (χ0) is 65.6. The van der Waals surface area contributed by atoms with Crippen LogP contribution in [0.5, 0.6) is 0 Å². The molecule has 0 atom stereocenters. The molecule has 2 N–H and O–H groups in total. The van der Waals surface area contributed by atoms with Gasteiger partial charge in [0, 0.05) is 8.95 Å². The summed E-state index contributed by atoms with van der Waals surface area (Å²) in [6.07, 6.45) is 0. The smallest absolute Gasteiger partial charge is 0.423 e. The van der Waals surface area contributed by atoms with Crippen LogP contribution in [0.15, 0.2) is 379 Å². The van der Waals surface area contributed by atoms with Gasteiger partial charge in [-0.1, -0.05) is 353 Å². The largest absolute Gasteiger partial charge is 0.488 e. The first kappa shape index (κ1) is 62.1. The van der Waals surface area contributed by atoms with Crippen molar-refractivity contribution in [3.05, 3.63) is 379 Å². The molecule has 0 spiro atoms. The predicted octanol–water partition coefficient (Wildman–Crippen LogP) is 25.0. The van der Waals surface area contributed by atoms with Crippen LogP contribution in [0.3, 0.4) is 0 Å². The Hall–Kier alpha value is -11.0. The Morgan fingerprint density at radius 1 is 0.175 bits per heavy atom. The van der Waals surface area contributed by atoms with Gasteiger partial charge in [-0.3, -0.25) is 0 Å². The molecule has 0 saturated heterocycles. The molecule has 0 radical (unpaired) electrons. The molecule has 5 heteroatoms. The second-order valence-corrected chi connectivity index (χ2v) is 26.2. The summed E-state index contributed by atoms with van der Waals surface area (Å²) in [4.78, 5) is 0. The monoisotopic (exact) mass is 1370 g/mol. The van der Waals surface area contributed by atoms with Gasteiger partial charge >= 0.3 is 7.12 Å². The second-order valence-electron chi connectivity index (χ2n) is 24.3. The highest BCUT2D eigenvalue weighted by Crippen LogP contribution is 2.44. The topological polar surface area (TPSA) is 40.5 Å². The lowest BCUT2D eigenvalue weighted by Gasteiger charge is -2.17. The summed E-state index contributed by atoms with van der Waals surface area (Å²) in [5, 5.41) is 30.7. The van der Waals surface area contributed by atoms with Gasteiger partial charge in [0.2, 0.25) is 0 Å². The van der Waals surface area contributed by atoms with Crippen molar-refractivity contribution in [2.45, 2.75) is 0 Å². The van der Waals surface area contributed by atoms with Crippen LogP contribution in [0.1, 0.15) is 0 Å². The number of rotatable bonds is 10. The molecule has 0 amide bonds. The minimum Gasteiger partial charge on any atom is -0.423 e. The van der Waals surface area contributed by atoms with Gasteiger partial charge in [0.15, 0.2) is 0 Å². The Morgan fingerprint density at radius 3 is 0.742 bits per heavy atom. The molecule has 17 aromatic rings. The normalized spacial score (nSPS) is 11.1. The molecule has 0 fully saturated rings. The van der Waals surface area contributed by atoms with Gasteiger partial charge in [-0.05, 0) is 208 Å². The van der Waals surface area contributed by atoms with E-state index in [0.717, 1.165) is 20.1 Å². The molecule has 97 heavy (non-hydrogen) atoms. The van der Waals surface area contributed by atoms with Crippen LogP contribution in [0.25, 0.3) is 154 Å². The summed E-state index contributed by atoms with van der Waals surface area (Å²) in [5.41, 5.74) is 22.3. The van der Waals surface area contributed by atoms with Gasteiger partial charge in [0.1, 0.15) is 0 Å². The maximum absolute atomic E-state index is 9.11. The minimum absolute atomic E-state index is 0.504. The van der Waals surface area contributed by atoms with Gasteiger partial charge < -0.3 is 10.0 Å². The van der Waals surface area contributed by atoms with Crippen molar-refractivity contribution in [1.29, 1.82) is 0 Å². The fraction of sp³-hybridized carbons (Fsp3) is 0. The standard InChI is InChI=1S/C54H36.C22H14Br2.C16H13BO2/c1-3-13-41(14-4-1)51-33-45(37-25-29-43(30-26-37)49-23-11-19-39-17-7-9-21-47(39)49)36-54-52(42-15-5-2-6-16-42)34-46(35-53(51)54)38-27-31-44(32-28-38)50-24-12-20-40-18-8-10-22-48(40)50;23-17-11-19(15-7-3-1-4-8-15)21-13-18(24)12-20(22(21)14-17)16-9-5-2-6-10-16;18-17(19)14-10-8-13(9-11-14)16-7-3-5-12-4-1-2-6-15(12)16/h1-36H;1-14H;1-11,18-19H. The molecular formula is C92H63BBr2O2. The van der Waals surface area contributed by atoms with Crippen molar-refractivity contribution in [2.75, 3.05) is 0 Å². The first-order chi connectivity index (χ1) is 47.7. The highest BCUT2D eigenvalue weighted by molar-refractivity contribution is 9.10. The number of hydrogen-bond acceptors (Lipinski definition) is 2. The van der Waals surface area contributed by atoms with Gasteiger partial charge in [0.25, 0.3) is 0 Å². The average Bonchev–Trinajstić information content (AvgIpc) is 0.823. The molecule has 0 heterocycles. The zero-order valence-electron chi connectivity index (χ0n) is 52.9. The molecule has 17 aromatic carbocycles. The summed E-state index contributed by atoms with van der Waals surface area (Å²) in [5.74, 6) is 0. The summed E-state index contributed by atoms with van der Waals surface area (Å²) < 4.78 is 2.18. The van der Waals surface area contributed by atoms with E-state index in [1.54, 1.807) is 12.1 Å². The molecule has 0 aliphatic heterocycles. The predicted molar refractivity (Wildman–Crippen MR) is 421 cm³/mol. The lowest BCUT2D eigenvalue weighted by Crippen LogP contribution is -2.29. The number of halogens is 2. The van der Waals surface area contributed by atoms with E-state index >= 15 is 0 Å². The van der Waals surface area contributed by atoms with Crippen molar-refractivity contribution >= 4 is 98.3 Å². The molecular weight excluding hydrogens is 1310 g/mol. The van der Waals surface area contributed by atoms with E-state index in [1.807, 2.05) is 30.3 Å². The van der Waals surface area contributed by atoms with Gasteiger partial charge in [-0.25, -0.2) is 0 Å². The quantitative estimate of drug-likeness (QED) is 0.134. The average molecular weight is 1370 g/mol. The highest BCUT2D eigenvalue weighted by Gasteiger charge is 2.18.